The number of nitrogens with zero attached hydrogens (tertiary/aromatic N) is 2. The first kappa shape index (κ1) is 12.3. The Labute approximate surface area is 101 Å². The van der Waals surface area contributed by atoms with Gasteiger partial charge in [0.1, 0.15) is 5.69 Å². The maximum Gasteiger partial charge on any atom is 0.170 e. The molecule has 0 saturated carbocycles. The number of fused-ring (bicyclic) bond motifs is 1. The maximum atomic E-state index is 11.6. The molecule has 5 nitrogen and oxygen atoms in total. The van der Waals surface area contributed by atoms with Crippen LogP contribution in [-0.4, -0.2) is 30.2 Å². The normalized spacial score (nSPS) is 18.8. The largest absolute Gasteiger partial charge is 0.296 e. The average molecular weight is 256 g/mol. The van der Waals surface area contributed by atoms with E-state index in [-0.39, 0.29) is 22.7 Å². The summed E-state index contributed by atoms with van der Waals surface area (Å²) in [6.45, 7) is 5.95. The van der Waals surface area contributed by atoms with E-state index in [2.05, 4.69) is 5.10 Å². The number of carbonyl (C=O) groups excluding carboxylic acids is 1. The summed E-state index contributed by atoms with van der Waals surface area (Å²) in [5.74, 6) is 0.0759. The average Bonchev–Trinajstić information content (AvgIpc) is 2.53. The van der Waals surface area contributed by atoms with Gasteiger partial charge in [-0.3, -0.25) is 9.48 Å². The van der Waals surface area contributed by atoms with Crippen molar-refractivity contribution in [3.8, 4) is 0 Å². The van der Waals surface area contributed by atoms with Crippen molar-refractivity contribution >= 4 is 16.1 Å². The Kier molecular flexibility index (Phi) is 2.65. The van der Waals surface area contributed by atoms with Crippen molar-refractivity contribution in [1.82, 2.24) is 9.78 Å². The Morgan fingerprint density at radius 3 is 2.53 bits per heavy atom. The Morgan fingerprint density at radius 2 is 2.00 bits per heavy atom. The molecule has 17 heavy (non-hydrogen) atoms. The number of sulfone groups is 1. The third-order valence-corrected chi connectivity index (χ3v) is 4.44. The standard InChI is InChI=1S/C11H16N2O3S/c1-11(2,3)13-10-4-5-17(15,16)7-8(10)9(6-14)12-13/h6H,4-5,7H2,1-3H3. The van der Waals surface area contributed by atoms with Crippen LogP contribution in [0.5, 0.6) is 0 Å². The number of hydrogen-bond acceptors (Lipinski definition) is 4. The molecule has 0 amide bonds. The van der Waals surface area contributed by atoms with Gasteiger partial charge in [0.2, 0.25) is 0 Å². The first-order valence-corrected chi connectivity index (χ1v) is 7.33. The fourth-order valence-electron chi connectivity index (χ4n) is 2.11. The van der Waals surface area contributed by atoms with Gasteiger partial charge in [-0.25, -0.2) is 8.42 Å². The maximum absolute atomic E-state index is 11.6. The van der Waals surface area contributed by atoms with Gasteiger partial charge < -0.3 is 0 Å². The van der Waals surface area contributed by atoms with Gasteiger partial charge in [0.25, 0.3) is 0 Å². The second-order valence-electron chi connectivity index (χ2n) is 5.35. The minimum atomic E-state index is -3.07. The molecule has 2 heterocycles. The van der Waals surface area contributed by atoms with E-state index in [0.29, 0.717) is 18.3 Å². The van der Waals surface area contributed by atoms with Crippen LogP contribution in [0.25, 0.3) is 0 Å². The molecule has 0 aliphatic carbocycles. The van der Waals surface area contributed by atoms with Gasteiger partial charge in [0.15, 0.2) is 16.1 Å². The van der Waals surface area contributed by atoms with E-state index >= 15 is 0 Å². The molecule has 0 unspecified atom stereocenters. The summed E-state index contributed by atoms with van der Waals surface area (Å²) in [4.78, 5) is 11.0. The van der Waals surface area contributed by atoms with Crippen molar-refractivity contribution in [2.45, 2.75) is 38.5 Å². The Morgan fingerprint density at radius 1 is 1.35 bits per heavy atom. The number of carbonyl (C=O) groups is 1. The van der Waals surface area contributed by atoms with Crippen LogP contribution >= 0.6 is 0 Å². The quantitative estimate of drug-likeness (QED) is 0.701. The van der Waals surface area contributed by atoms with E-state index in [9.17, 15) is 13.2 Å². The van der Waals surface area contributed by atoms with Crippen LogP contribution in [-0.2, 0) is 27.5 Å². The molecule has 1 aromatic heterocycles. The van der Waals surface area contributed by atoms with Gasteiger partial charge in [0.05, 0.1) is 17.0 Å². The molecule has 1 aliphatic heterocycles. The molecule has 0 radical (unpaired) electrons. The topological polar surface area (TPSA) is 69.0 Å². The van der Waals surface area contributed by atoms with E-state index in [4.69, 9.17) is 0 Å². The number of aldehydes is 1. The van der Waals surface area contributed by atoms with E-state index in [1.807, 2.05) is 20.8 Å². The monoisotopic (exact) mass is 256 g/mol. The Hall–Kier alpha value is -1.17. The predicted molar refractivity (Wildman–Crippen MR) is 63.8 cm³/mol. The van der Waals surface area contributed by atoms with Gasteiger partial charge in [-0.1, -0.05) is 0 Å². The summed E-state index contributed by atoms with van der Waals surface area (Å²) in [6, 6.07) is 0. The highest BCUT2D eigenvalue weighted by molar-refractivity contribution is 7.90. The summed E-state index contributed by atoms with van der Waals surface area (Å²) in [7, 11) is -3.07. The zero-order valence-corrected chi connectivity index (χ0v) is 11.0. The van der Waals surface area contributed by atoms with E-state index in [0.717, 1.165) is 5.69 Å². The molecule has 0 spiro atoms. The van der Waals surface area contributed by atoms with Crippen LogP contribution in [0.15, 0.2) is 0 Å². The molecule has 94 valence electrons. The molecule has 0 bridgehead atoms. The van der Waals surface area contributed by atoms with Gasteiger partial charge >= 0.3 is 0 Å². The van der Waals surface area contributed by atoms with Crippen molar-refractivity contribution in [2.24, 2.45) is 0 Å². The summed E-state index contributed by atoms with van der Waals surface area (Å²) >= 11 is 0. The number of hydrogen-bond donors (Lipinski definition) is 0. The van der Waals surface area contributed by atoms with Crippen LogP contribution in [0.4, 0.5) is 0 Å². The Balaban J connectivity index is 2.63. The third-order valence-electron chi connectivity index (χ3n) is 2.88. The molecule has 0 atom stereocenters. The van der Waals surface area contributed by atoms with Crippen molar-refractivity contribution < 1.29 is 13.2 Å². The van der Waals surface area contributed by atoms with Crippen LogP contribution in [0.1, 0.15) is 42.5 Å². The zero-order valence-electron chi connectivity index (χ0n) is 10.2. The zero-order chi connectivity index (χ0) is 12.8. The van der Waals surface area contributed by atoms with Crippen molar-refractivity contribution in [3.63, 3.8) is 0 Å². The van der Waals surface area contributed by atoms with E-state index in [1.54, 1.807) is 4.68 Å². The summed E-state index contributed by atoms with van der Waals surface area (Å²) < 4.78 is 25.0. The van der Waals surface area contributed by atoms with Gasteiger partial charge in [-0.2, -0.15) is 5.10 Å². The molecular formula is C11H16N2O3S. The highest BCUT2D eigenvalue weighted by Crippen LogP contribution is 2.27. The second kappa shape index (κ2) is 3.66. The number of aromatic nitrogens is 2. The summed E-state index contributed by atoms with van der Waals surface area (Å²) in [5, 5.41) is 4.23. The number of rotatable bonds is 1. The lowest BCUT2D eigenvalue weighted by atomic mass is 10.1. The SMILES string of the molecule is CC(C)(C)n1nc(C=O)c2c1CCS(=O)(=O)C2. The molecule has 1 aromatic rings. The lowest BCUT2D eigenvalue weighted by molar-refractivity contribution is 0.111. The van der Waals surface area contributed by atoms with Gasteiger partial charge in [0, 0.05) is 17.7 Å². The molecule has 0 N–H and O–H groups in total. The Bertz CT molecular complexity index is 564. The first-order valence-electron chi connectivity index (χ1n) is 5.51. The molecule has 0 fully saturated rings. The minimum absolute atomic E-state index is 0.0630. The summed E-state index contributed by atoms with van der Waals surface area (Å²) in [5.41, 5.74) is 1.49. The highest BCUT2D eigenvalue weighted by atomic mass is 32.2. The van der Waals surface area contributed by atoms with Gasteiger partial charge in [-0.05, 0) is 20.8 Å². The molecule has 0 saturated heterocycles. The molecule has 2 rings (SSSR count). The van der Waals surface area contributed by atoms with Crippen molar-refractivity contribution in [2.75, 3.05) is 5.75 Å². The third kappa shape index (κ3) is 2.13. The van der Waals surface area contributed by atoms with Crippen LogP contribution in [0.2, 0.25) is 0 Å². The molecule has 6 heteroatoms. The minimum Gasteiger partial charge on any atom is -0.296 e. The van der Waals surface area contributed by atoms with Gasteiger partial charge in [-0.15, -0.1) is 0 Å². The second-order valence-corrected chi connectivity index (χ2v) is 7.54. The predicted octanol–water partition coefficient (Wildman–Crippen LogP) is 0.921. The van der Waals surface area contributed by atoms with Crippen LogP contribution < -0.4 is 0 Å². The molecule has 1 aliphatic rings. The summed E-state index contributed by atoms with van der Waals surface area (Å²) in [6.07, 6.45) is 1.08. The van der Waals surface area contributed by atoms with Crippen LogP contribution in [0, 0.1) is 0 Å². The van der Waals surface area contributed by atoms with Crippen molar-refractivity contribution in [1.29, 1.82) is 0 Å². The first-order chi connectivity index (χ1) is 7.74. The molecule has 0 aromatic carbocycles. The smallest absolute Gasteiger partial charge is 0.170 e. The van der Waals surface area contributed by atoms with Crippen molar-refractivity contribution in [3.05, 3.63) is 17.0 Å². The van der Waals surface area contributed by atoms with E-state index < -0.39 is 9.84 Å². The lowest BCUT2D eigenvalue weighted by Gasteiger charge is -2.24. The van der Waals surface area contributed by atoms with E-state index in [1.165, 1.54) is 0 Å². The fraction of sp³-hybridized carbons (Fsp3) is 0.636. The van der Waals surface area contributed by atoms with Crippen LogP contribution in [0.3, 0.4) is 0 Å². The highest BCUT2D eigenvalue weighted by Gasteiger charge is 2.31. The lowest BCUT2D eigenvalue weighted by Crippen LogP contribution is -2.28. The molecular weight excluding hydrogens is 240 g/mol. The fourth-order valence-corrected chi connectivity index (χ4v) is 3.51.